The van der Waals surface area contributed by atoms with E-state index in [4.69, 9.17) is 10.5 Å². The molecule has 0 aliphatic carbocycles. The lowest BCUT2D eigenvalue weighted by atomic mass is 10.0. The molecule has 0 saturated carbocycles. The van der Waals surface area contributed by atoms with Crippen LogP contribution in [0.15, 0.2) is 18.2 Å². The van der Waals surface area contributed by atoms with E-state index in [0.29, 0.717) is 31.7 Å². The maximum absolute atomic E-state index is 12.9. The molecule has 3 N–H and O–H groups in total. The normalized spacial score (nSPS) is 26.3. The van der Waals surface area contributed by atoms with Gasteiger partial charge < -0.3 is 15.4 Å². The van der Waals surface area contributed by atoms with E-state index in [1.807, 2.05) is 18.2 Å². The Morgan fingerprint density at radius 1 is 1.26 bits per heavy atom. The van der Waals surface area contributed by atoms with E-state index in [-0.39, 0.29) is 30.2 Å². The van der Waals surface area contributed by atoms with Crippen LogP contribution in [0.2, 0.25) is 0 Å². The molecule has 0 aromatic heterocycles. The minimum Gasteiger partial charge on any atom is -0.374 e. The molecule has 0 bridgehead atoms. The molecule has 8 nitrogen and oxygen atoms in total. The molecule has 2 fully saturated rings. The van der Waals surface area contributed by atoms with Crippen LogP contribution in [-0.2, 0) is 27.4 Å². The number of morpholine rings is 1. The molecular formula is C19H24N4O4. The van der Waals surface area contributed by atoms with E-state index in [9.17, 15) is 14.4 Å². The van der Waals surface area contributed by atoms with Crippen molar-refractivity contribution in [2.45, 2.75) is 38.1 Å². The first-order chi connectivity index (χ1) is 13.1. The Kier molecular flexibility index (Phi) is 4.94. The molecular weight excluding hydrogens is 348 g/mol. The van der Waals surface area contributed by atoms with Gasteiger partial charge in [0.1, 0.15) is 6.04 Å². The van der Waals surface area contributed by atoms with Crippen LogP contribution < -0.4 is 11.1 Å². The third-order valence-corrected chi connectivity index (χ3v) is 5.56. The van der Waals surface area contributed by atoms with Crippen molar-refractivity contribution in [3.63, 3.8) is 0 Å². The summed E-state index contributed by atoms with van der Waals surface area (Å²) in [5, 5.41) is 2.34. The number of hydrogen-bond donors (Lipinski definition) is 2. The number of piperidine rings is 1. The lowest BCUT2D eigenvalue weighted by molar-refractivity contribution is -0.136. The Bertz CT molecular complexity index is 781. The molecule has 1 aromatic rings. The van der Waals surface area contributed by atoms with Crippen molar-refractivity contribution in [2.75, 3.05) is 26.2 Å². The molecule has 2 unspecified atom stereocenters. The SMILES string of the molecule is NCC1CN(Cc2cccc3c2CN(C2CCC(=O)NC2=O)C3=O)CCO1. The Hall–Kier alpha value is -2.29. The van der Waals surface area contributed by atoms with Gasteiger partial charge in [-0.25, -0.2) is 0 Å². The fourth-order valence-electron chi connectivity index (χ4n) is 4.11. The van der Waals surface area contributed by atoms with Gasteiger partial charge in [-0.2, -0.15) is 0 Å². The van der Waals surface area contributed by atoms with E-state index in [2.05, 4.69) is 10.2 Å². The molecule has 3 aliphatic rings. The number of carbonyl (C=O) groups is 3. The zero-order valence-electron chi connectivity index (χ0n) is 15.1. The molecule has 3 amide bonds. The van der Waals surface area contributed by atoms with E-state index in [1.54, 1.807) is 4.90 Å². The first kappa shape index (κ1) is 18.1. The van der Waals surface area contributed by atoms with Crippen LogP contribution in [0.4, 0.5) is 0 Å². The Morgan fingerprint density at radius 2 is 2.11 bits per heavy atom. The molecule has 0 radical (unpaired) electrons. The van der Waals surface area contributed by atoms with Crippen LogP contribution in [-0.4, -0.2) is 65.9 Å². The van der Waals surface area contributed by atoms with Crippen LogP contribution >= 0.6 is 0 Å². The lowest BCUT2D eigenvalue weighted by Gasteiger charge is -2.32. The summed E-state index contributed by atoms with van der Waals surface area (Å²) in [6.45, 7) is 3.86. The number of amides is 3. The summed E-state index contributed by atoms with van der Waals surface area (Å²) in [5.74, 6) is -0.793. The van der Waals surface area contributed by atoms with Gasteiger partial charge in [-0.3, -0.25) is 24.6 Å². The maximum Gasteiger partial charge on any atom is 0.255 e. The van der Waals surface area contributed by atoms with Gasteiger partial charge in [-0.15, -0.1) is 0 Å². The second kappa shape index (κ2) is 7.38. The highest BCUT2D eigenvalue weighted by Crippen LogP contribution is 2.30. The first-order valence-electron chi connectivity index (χ1n) is 9.36. The molecule has 2 atom stereocenters. The molecule has 27 heavy (non-hydrogen) atoms. The van der Waals surface area contributed by atoms with Gasteiger partial charge in [0.15, 0.2) is 0 Å². The summed E-state index contributed by atoms with van der Waals surface area (Å²) in [7, 11) is 0. The number of nitrogens with zero attached hydrogens (tertiary/aromatic N) is 2. The minimum absolute atomic E-state index is 0.0390. The fourth-order valence-corrected chi connectivity index (χ4v) is 4.11. The number of nitrogens with one attached hydrogen (secondary N) is 1. The lowest BCUT2D eigenvalue weighted by Crippen LogP contribution is -2.52. The number of ether oxygens (including phenoxy) is 1. The van der Waals surface area contributed by atoms with Crippen molar-refractivity contribution in [1.29, 1.82) is 0 Å². The van der Waals surface area contributed by atoms with Crippen LogP contribution in [0.25, 0.3) is 0 Å². The van der Waals surface area contributed by atoms with E-state index >= 15 is 0 Å². The van der Waals surface area contributed by atoms with Gasteiger partial charge in [-0.05, 0) is 23.6 Å². The van der Waals surface area contributed by atoms with Gasteiger partial charge in [-0.1, -0.05) is 12.1 Å². The first-order valence-corrected chi connectivity index (χ1v) is 9.36. The molecule has 144 valence electrons. The van der Waals surface area contributed by atoms with Crippen molar-refractivity contribution in [2.24, 2.45) is 5.73 Å². The number of rotatable bonds is 4. The average molecular weight is 372 g/mol. The molecule has 3 heterocycles. The quantitative estimate of drug-likeness (QED) is 0.698. The number of carbonyl (C=O) groups excluding carboxylic acids is 3. The smallest absolute Gasteiger partial charge is 0.255 e. The molecule has 0 spiro atoms. The number of benzene rings is 1. The predicted molar refractivity (Wildman–Crippen MR) is 96.6 cm³/mol. The van der Waals surface area contributed by atoms with Crippen molar-refractivity contribution in [3.8, 4) is 0 Å². The van der Waals surface area contributed by atoms with E-state index in [0.717, 1.165) is 30.8 Å². The summed E-state index contributed by atoms with van der Waals surface area (Å²) < 4.78 is 5.62. The van der Waals surface area contributed by atoms with E-state index in [1.165, 1.54) is 0 Å². The maximum atomic E-state index is 12.9. The predicted octanol–water partition coefficient (Wildman–Crippen LogP) is -0.393. The second-order valence-electron chi connectivity index (χ2n) is 7.31. The van der Waals surface area contributed by atoms with Gasteiger partial charge >= 0.3 is 0 Å². The Morgan fingerprint density at radius 3 is 2.89 bits per heavy atom. The van der Waals surface area contributed by atoms with Crippen molar-refractivity contribution < 1.29 is 19.1 Å². The molecule has 2 saturated heterocycles. The van der Waals surface area contributed by atoms with Gasteiger partial charge in [0, 0.05) is 44.7 Å². The number of nitrogens with two attached hydrogens (primary N) is 1. The zero-order chi connectivity index (χ0) is 19.0. The largest absolute Gasteiger partial charge is 0.374 e. The highest BCUT2D eigenvalue weighted by molar-refractivity contribution is 6.05. The van der Waals surface area contributed by atoms with Crippen molar-refractivity contribution in [1.82, 2.24) is 15.1 Å². The zero-order valence-corrected chi connectivity index (χ0v) is 15.1. The number of imide groups is 1. The number of fused-ring (bicyclic) bond motifs is 1. The molecule has 8 heteroatoms. The summed E-state index contributed by atoms with van der Waals surface area (Å²) >= 11 is 0. The van der Waals surface area contributed by atoms with Gasteiger partial charge in [0.05, 0.1) is 12.7 Å². The van der Waals surface area contributed by atoms with Gasteiger partial charge in [0.2, 0.25) is 11.8 Å². The van der Waals surface area contributed by atoms with Crippen LogP contribution in [0.3, 0.4) is 0 Å². The highest BCUT2D eigenvalue weighted by atomic mass is 16.5. The molecule has 4 rings (SSSR count). The second-order valence-corrected chi connectivity index (χ2v) is 7.31. The molecule has 3 aliphatic heterocycles. The topological polar surface area (TPSA) is 105 Å². The van der Waals surface area contributed by atoms with Gasteiger partial charge in [0.25, 0.3) is 5.91 Å². The minimum atomic E-state index is -0.583. The summed E-state index contributed by atoms with van der Waals surface area (Å²) in [5.41, 5.74) is 8.45. The van der Waals surface area contributed by atoms with Crippen LogP contribution in [0, 0.1) is 0 Å². The highest BCUT2D eigenvalue weighted by Gasteiger charge is 2.39. The summed E-state index contributed by atoms with van der Waals surface area (Å²) in [6, 6.07) is 5.16. The van der Waals surface area contributed by atoms with Crippen LogP contribution in [0.5, 0.6) is 0 Å². The van der Waals surface area contributed by atoms with Crippen LogP contribution in [0.1, 0.15) is 34.3 Å². The monoisotopic (exact) mass is 372 g/mol. The van der Waals surface area contributed by atoms with Crippen molar-refractivity contribution in [3.05, 3.63) is 34.9 Å². The third-order valence-electron chi connectivity index (χ3n) is 5.56. The average Bonchev–Trinajstić information content (AvgIpc) is 3.00. The molecule has 1 aromatic carbocycles. The van der Waals surface area contributed by atoms with E-state index < -0.39 is 6.04 Å². The third kappa shape index (κ3) is 3.47. The standard InChI is InChI=1S/C19H24N4O4/c20-8-13-10-22(6-7-27-13)9-12-2-1-3-14-15(12)11-23(19(14)26)16-4-5-17(24)21-18(16)25/h1-3,13,16H,4-11,20H2,(H,21,24,25). The summed E-state index contributed by atoms with van der Waals surface area (Å²) in [4.78, 5) is 40.4. The Labute approximate surface area is 157 Å². The number of hydrogen-bond acceptors (Lipinski definition) is 6. The van der Waals surface area contributed by atoms with Crippen molar-refractivity contribution >= 4 is 17.7 Å². The summed E-state index contributed by atoms with van der Waals surface area (Å²) in [6.07, 6.45) is 0.677. The fraction of sp³-hybridized carbons (Fsp3) is 0.526. The Balaban J connectivity index is 1.52.